The summed E-state index contributed by atoms with van der Waals surface area (Å²) in [6.45, 7) is 0.807. The van der Waals surface area contributed by atoms with Crippen molar-refractivity contribution in [1.29, 1.82) is 0 Å². The minimum absolute atomic E-state index is 0.419. The lowest BCUT2D eigenvalue weighted by Gasteiger charge is -2.11. The zero-order valence-electron chi connectivity index (χ0n) is 14.3. The largest absolute Gasteiger partial charge is 0.406 e. The number of pyridine rings is 2. The first kappa shape index (κ1) is 19.2. The quantitative estimate of drug-likeness (QED) is 0.335. The SMILES string of the molecule is CP.Fc1cncc(-c2ccc3c4cnccc4n(CC(F)(F)F)c3c2)c1. The molecule has 0 spiro atoms. The van der Waals surface area contributed by atoms with Crippen LogP contribution in [0.25, 0.3) is 32.9 Å². The van der Waals surface area contributed by atoms with Gasteiger partial charge in [0, 0.05) is 34.9 Å². The van der Waals surface area contributed by atoms with Crippen molar-refractivity contribution in [2.75, 3.05) is 6.66 Å². The fourth-order valence-electron chi connectivity index (χ4n) is 3.04. The van der Waals surface area contributed by atoms with E-state index in [4.69, 9.17) is 0 Å². The van der Waals surface area contributed by atoms with Crippen molar-refractivity contribution >= 4 is 31.0 Å². The minimum atomic E-state index is -4.36. The maximum atomic E-state index is 13.4. The fourth-order valence-corrected chi connectivity index (χ4v) is 3.04. The van der Waals surface area contributed by atoms with Gasteiger partial charge in [-0.2, -0.15) is 13.2 Å². The van der Waals surface area contributed by atoms with E-state index in [1.165, 1.54) is 23.0 Å². The van der Waals surface area contributed by atoms with Crippen molar-refractivity contribution in [2.45, 2.75) is 12.7 Å². The summed E-state index contributed by atoms with van der Waals surface area (Å²) in [5, 5.41) is 1.31. The summed E-state index contributed by atoms with van der Waals surface area (Å²) in [6, 6.07) is 7.95. The lowest BCUT2D eigenvalue weighted by Crippen LogP contribution is -2.17. The van der Waals surface area contributed by atoms with E-state index in [9.17, 15) is 17.6 Å². The second-order valence-corrected chi connectivity index (χ2v) is 5.72. The molecule has 3 aromatic heterocycles. The van der Waals surface area contributed by atoms with Crippen molar-refractivity contribution in [3.05, 3.63) is 60.9 Å². The molecule has 0 N–H and O–H groups in total. The lowest BCUT2D eigenvalue weighted by molar-refractivity contribution is -0.139. The van der Waals surface area contributed by atoms with Crippen molar-refractivity contribution in [1.82, 2.24) is 14.5 Å². The average molecular weight is 393 g/mol. The van der Waals surface area contributed by atoms with Crippen LogP contribution in [0.4, 0.5) is 17.6 Å². The van der Waals surface area contributed by atoms with E-state index in [0.717, 1.165) is 6.20 Å². The smallest absolute Gasteiger partial charge is 0.331 e. The first-order valence-corrected chi connectivity index (χ1v) is 9.19. The van der Waals surface area contributed by atoms with Gasteiger partial charge < -0.3 is 4.57 Å². The molecule has 0 aliphatic carbocycles. The monoisotopic (exact) mass is 393 g/mol. The number of alkyl halides is 3. The van der Waals surface area contributed by atoms with Gasteiger partial charge >= 0.3 is 6.18 Å². The van der Waals surface area contributed by atoms with Gasteiger partial charge in [0.2, 0.25) is 0 Å². The maximum absolute atomic E-state index is 13.4. The molecule has 0 radical (unpaired) electrons. The molecule has 0 aliphatic heterocycles. The van der Waals surface area contributed by atoms with Crippen LogP contribution in [0.2, 0.25) is 0 Å². The van der Waals surface area contributed by atoms with E-state index in [0.29, 0.717) is 32.9 Å². The summed E-state index contributed by atoms with van der Waals surface area (Å²) in [6.07, 6.45) is 1.20. The van der Waals surface area contributed by atoms with E-state index >= 15 is 0 Å². The Balaban J connectivity index is 0.00000102. The van der Waals surface area contributed by atoms with E-state index in [1.54, 1.807) is 30.5 Å². The van der Waals surface area contributed by atoms with Gasteiger partial charge in [-0.1, -0.05) is 18.8 Å². The predicted molar refractivity (Wildman–Crippen MR) is 102 cm³/mol. The zero-order valence-corrected chi connectivity index (χ0v) is 15.5. The molecule has 8 heteroatoms. The Morgan fingerprint density at radius 1 is 0.889 bits per heavy atom. The van der Waals surface area contributed by atoms with Crippen molar-refractivity contribution in [3.63, 3.8) is 0 Å². The van der Waals surface area contributed by atoms with E-state index in [2.05, 4.69) is 19.2 Å². The molecule has 0 fully saturated rings. The van der Waals surface area contributed by atoms with Crippen LogP contribution < -0.4 is 0 Å². The number of nitrogens with zero attached hydrogens (tertiary/aromatic N) is 3. The highest BCUT2D eigenvalue weighted by atomic mass is 31.0. The summed E-state index contributed by atoms with van der Waals surface area (Å²) in [5.41, 5.74) is 1.97. The van der Waals surface area contributed by atoms with E-state index in [-0.39, 0.29) is 0 Å². The zero-order chi connectivity index (χ0) is 19.6. The Kier molecular flexibility index (Phi) is 5.42. The van der Waals surface area contributed by atoms with Gasteiger partial charge in [-0.05, 0) is 23.8 Å². The molecule has 3 nitrogen and oxygen atoms in total. The standard InChI is InChI=1S/C18H11F4N3.CH5P/c19-13-5-12(7-24-8-13)11-1-2-14-15-9-23-4-3-16(15)25(17(14)6-11)10-18(20,21)22;1-2/h1-9H,10H2;2H2,1H3. The van der Waals surface area contributed by atoms with E-state index in [1.807, 2.05) is 6.66 Å². The third kappa shape index (κ3) is 3.93. The number of hydrogen-bond acceptors (Lipinski definition) is 2. The Labute approximate surface area is 155 Å². The summed E-state index contributed by atoms with van der Waals surface area (Å²) in [7, 11) is 2.42. The highest BCUT2D eigenvalue weighted by molar-refractivity contribution is 7.15. The number of benzene rings is 1. The molecular weight excluding hydrogens is 377 g/mol. The van der Waals surface area contributed by atoms with Crippen LogP contribution in [0.5, 0.6) is 0 Å². The van der Waals surface area contributed by atoms with Crippen LogP contribution in [0.3, 0.4) is 0 Å². The molecule has 0 amide bonds. The second kappa shape index (κ2) is 7.61. The molecule has 1 unspecified atom stereocenters. The molecule has 0 saturated carbocycles. The highest BCUT2D eigenvalue weighted by Gasteiger charge is 2.29. The minimum Gasteiger partial charge on any atom is -0.331 e. The van der Waals surface area contributed by atoms with Gasteiger partial charge in [-0.15, -0.1) is 9.24 Å². The lowest BCUT2D eigenvalue weighted by atomic mass is 10.1. The Morgan fingerprint density at radius 2 is 1.67 bits per heavy atom. The molecule has 0 bridgehead atoms. The van der Waals surface area contributed by atoms with Crippen molar-refractivity contribution in [3.8, 4) is 11.1 Å². The van der Waals surface area contributed by atoms with Gasteiger partial charge in [0.05, 0.1) is 17.2 Å². The molecule has 0 aliphatic rings. The summed E-state index contributed by atoms with van der Waals surface area (Å²) >= 11 is 0. The number of rotatable bonds is 2. The van der Waals surface area contributed by atoms with Crippen LogP contribution in [0.15, 0.2) is 55.1 Å². The highest BCUT2D eigenvalue weighted by Crippen LogP contribution is 2.34. The number of halogens is 4. The molecule has 27 heavy (non-hydrogen) atoms. The van der Waals surface area contributed by atoms with Gasteiger partial charge in [0.1, 0.15) is 12.4 Å². The molecule has 140 valence electrons. The molecular formula is C19H16F4N3P. The normalized spacial score (nSPS) is 11.5. The molecule has 3 heterocycles. The third-order valence-corrected chi connectivity index (χ3v) is 4.04. The van der Waals surface area contributed by atoms with Crippen LogP contribution in [0.1, 0.15) is 0 Å². The molecule has 1 atom stereocenters. The Morgan fingerprint density at radius 3 is 2.37 bits per heavy atom. The summed E-state index contributed by atoms with van der Waals surface area (Å²) < 4.78 is 53.8. The van der Waals surface area contributed by atoms with Gasteiger partial charge in [-0.25, -0.2) is 4.39 Å². The van der Waals surface area contributed by atoms with Crippen LogP contribution >= 0.6 is 9.24 Å². The average Bonchev–Trinajstić information content (AvgIpc) is 2.95. The number of aromatic nitrogens is 3. The molecule has 0 saturated heterocycles. The maximum Gasteiger partial charge on any atom is 0.406 e. The first-order valence-electron chi connectivity index (χ1n) is 8.04. The van der Waals surface area contributed by atoms with Crippen molar-refractivity contribution in [2.24, 2.45) is 0 Å². The number of fused-ring (bicyclic) bond motifs is 3. The second-order valence-electron chi connectivity index (χ2n) is 5.72. The van der Waals surface area contributed by atoms with Gasteiger partial charge in [0.25, 0.3) is 0 Å². The topological polar surface area (TPSA) is 30.7 Å². The van der Waals surface area contributed by atoms with Gasteiger partial charge in [0.15, 0.2) is 0 Å². The van der Waals surface area contributed by atoms with Crippen molar-refractivity contribution < 1.29 is 17.6 Å². The fraction of sp³-hybridized carbons (Fsp3) is 0.158. The third-order valence-electron chi connectivity index (χ3n) is 4.04. The van der Waals surface area contributed by atoms with Crippen LogP contribution in [0, 0.1) is 5.82 Å². The molecule has 4 aromatic rings. The van der Waals surface area contributed by atoms with Crippen LogP contribution in [-0.4, -0.2) is 27.4 Å². The predicted octanol–water partition coefficient (Wildman–Crippen LogP) is 5.44. The summed E-state index contributed by atoms with van der Waals surface area (Å²) in [5.74, 6) is -0.502. The van der Waals surface area contributed by atoms with Gasteiger partial charge in [-0.3, -0.25) is 9.97 Å². The number of hydrogen-bond donors (Lipinski definition) is 0. The Bertz CT molecular complexity index is 1090. The molecule has 1 aromatic carbocycles. The first-order chi connectivity index (χ1) is 12.9. The molecule has 4 rings (SSSR count). The summed E-state index contributed by atoms with van der Waals surface area (Å²) in [4.78, 5) is 7.80. The Hall–Kier alpha value is -2.53. The van der Waals surface area contributed by atoms with Crippen LogP contribution in [-0.2, 0) is 6.54 Å². The van der Waals surface area contributed by atoms with E-state index < -0.39 is 18.5 Å².